The van der Waals surface area contributed by atoms with Gasteiger partial charge in [0.25, 0.3) is 5.91 Å². The predicted molar refractivity (Wildman–Crippen MR) is 91.0 cm³/mol. The number of hydrogen-bond donors (Lipinski definition) is 1. The summed E-state index contributed by atoms with van der Waals surface area (Å²) >= 11 is 0. The van der Waals surface area contributed by atoms with Gasteiger partial charge in [0.1, 0.15) is 16.9 Å². The van der Waals surface area contributed by atoms with Crippen molar-refractivity contribution in [3.8, 4) is 0 Å². The maximum atomic E-state index is 12.4. The highest BCUT2D eigenvalue weighted by Gasteiger charge is 2.32. The average molecular weight is 344 g/mol. The molecule has 2 aromatic rings. The largest absolute Gasteiger partial charge is 0.367 e. The Morgan fingerprint density at radius 3 is 2.72 bits per heavy atom. The molecule has 3 heterocycles. The number of nitrogens with one attached hydrogen (secondary N) is 1. The van der Waals surface area contributed by atoms with E-state index in [9.17, 15) is 4.79 Å². The first-order valence-corrected chi connectivity index (χ1v) is 8.72. The number of carbonyl (C=O) groups is 1. The van der Waals surface area contributed by atoms with E-state index in [0.29, 0.717) is 35.8 Å². The number of rotatable bonds is 5. The highest BCUT2D eigenvalue weighted by atomic mass is 16.5. The summed E-state index contributed by atoms with van der Waals surface area (Å²) in [6, 6.07) is 0. The van der Waals surface area contributed by atoms with Crippen molar-refractivity contribution in [1.29, 1.82) is 0 Å². The standard InChI is InChI=1S/C18H24N4O3/c1-4-14-15(12(2)25-22-14)16(23)19-9-13-10-20-17(21-11-13)18(3)7-5-6-8-24-18/h10-11H,4-9H2,1-3H3,(H,19,23)/t18-/m0/s1. The van der Waals surface area contributed by atoms with E-state index < -0.39 is 5.60 Å². The molecule has 0 unspecified atom stereocenters. The van der Waals surface area contributed by atoms with E-state index in [-0.39, 0.29) is 5.91 Å². The second-order valence-electron chi connectivity index (χ2n) is 6.55. The fraction of sp³-hybridized carbons (Fsp3) is 0.556. The number of ether oxygens (including phenoxy) is 1. The molecule has 2 aromatic heterocycles. The molecule has 0 aliphatic carbocycles. The average Bonchev–Trinajstić information content (AvgIpc) is 3.01. The van der Waals surface area contributed by atoms with Gasteiger partial charge in [-0.25, -0.2) is 9.97 Å². The Labute approximate surface area is 147 Å². The molecule has 0 radical (unpaired) electrons. The lowest BCUT2D eigenvalue weighted by Gasteiger charge is -2.32. The minimum atomic E-state index is -0.407. The van der Waals surface area contributed by atoms with Crippen LogP contribution in [0.25, 0.3) is 0 Å². The van der Waals surface area contributed by atoms with Gasteiger partial charge in [0, 0.05) is 31.1 Å². The third kappa shape index (κ3) is 3.71. The van der Waals surface area contributed by atoms with E-state index in [1.807, 2.05) is 13.8 Å². The third-order valence-electron chi connectivity index (χ3n) is 4.60. The summed E-state index contributed by atoms with van der Waals surface area (Å²) in [4.78, 5) is 21.3. The van der Waals surface area contributed by atoms with Gasteiger partial charge in [0.2, 0.25) is 0 Å². The second-order valence-corrected chi connectivity index (χ2v) is 6.55. The van der Waals surface area contributed by atoms with Crippen molar-refractivity contribution in [2.45, 2.75) is 58.6 Å². The Bertz CT molecular complexity index is 733. The summed E-state index contributed by atoms with van der Waals surface area (Å²) in [7, 11) is 0. The zero-order valence-electron chi connectivity index (χ0n) is 15.0. The molecule has 7 heteroatoms. The lowest BCUT2D eigenvalue weighted by Crippen LogP contribution is -2.32. The Hall–Kier alpha value is -2.28. The normalized spacial score (nSPS) is 20.4. The van der Waals surface area contributed by atoms with Crippen LogP contribution in [-0.4, -0.2) is 27.6 Å². The molecule has 3 rings (SSSR count). The van der Waals surface area contributed by atoms with Crippen molar-refractivity contribution in [2.75, 3.05) is 6.61 Å². The van der Waals surface area contributed by atoms with Crippen LogP contribution >= 0.6 is 0 Å². The number of aromatic nitrogens is 3. The van der Waals surface area contributed by atoms with E-state index in [1.54, 1.807) is 19.3 Å². The fourth-order valence-corrected chi connectivity index (χ4v) is 3.05. The maximum Gasteiger partial charge on any atom is 0.257 e. The number of nitrogens with zero attached hydrogens (tertiary/aromatic N) is 3. The summed E-state index contributed by atoms with van der Waals surface area (Å²) in [5.74, 6) is 1.04. The number of hydrogen-bond acceptors (Lipinski definition) is 6. The first-order chi connectivity index (χ1) is 12.0. The molecule has 7 nitrogen and oxygen atoms in total. The Kier molecular flexibility index (Phi) is 5.13. The summed E-state index contributed by atoms with van der Waals surface area (Å²) in [6.45, 7) is 6.81. The predicted octanol–water partition coefficient (Wildman–Crippen LogP) is 2.68. The molecule has 0 saturated carbocycles. The van der Waals surface area contributed by atoms with Crippen molar-refractivity contribution in [2.24, 2.45) is 0 Å². The van der Waals surface area contributed by atoms with Crippen molar-refractivity contribution < 1.29 is 14.1 Å². The van der Waals surface area contributed by atoms with E-state index >= 15 is 0 Å². The van der Waals surface area contributed by atoms with Crippen LogP contribution in [0, 0.1) is 6.92 Å². The van der Waals surface area contributed by atoms with Gasteiger partial charge in [-0.3, -0.25) is 4.79 Å². The molecule has 0 spiro atoms. The van der Waals surface area contributed by atoms with Crippen LogP contribution in [0.3, 0.4) is 0 Å². The molecule has 0 aromatic carbocycles. The quantitative estimate of drug-likeness (QED) is 0.897. The van der Waals surface area contributed by atoms with E-state index in [1.165, 1.54) is 0 Å². The lowest BCUT2D eigenvalue weighted by molar-refractivity contribution is -0.0760. The minimum absolute atomic E-state index is 0.192. The van der Waals surface area contributed by atoms with Crippen molar-refractivity contribution in [1.82, 2.24) is 20.4 Å². The van der Waals surface area contributed by atoms with Crippen LogP contribution in [0.5, 0.6) is 0 Å². The highest BCUT2D eigenvalue weighted by Crippen LogP contribution is 2.32. The monoisotopic (exact) mass is 344 g/mol. The van der Waals surface area contributed by atoms with E-state index in [2.05, 4.69) is 20.4 Å². The van der Waals surface area contributed by atoms with Crippen LogP contribution < -0.4 is 5.32 Å². The van der Waals surface area contributed by atoms with Crippen molar-refractivity contribution in [3.05, 3.63) is 40.8 Å². The Morgan fingerprint density at radius 2 is 2.08 bits per heavy atom. The summed E-state index contributed by atoms with van der Waals surface area (Å²) in [5.41, 5.74) is 1.62. The summed E-state index contributed by atoms with van der Waals surface area (Å²) in [6.07, 6.45) is 7.27. The molecule has 25 heavy (non-hydrogen) atoms. The fourth-order valence-electron chi connectivity index (χ4n) is 3.05. The van der Waals surface area contributed by atoms with Gasteiger partial charge in [-0.05, 0) is 39.5 Å². The van der Waals surface area contributed by atoms with Crippen molar-refractivity contribution >= 4 is 5.91 Å². The molecule has 1 aliphatic rings. The topological polar surface area (TPSA) is 90.1 Å². The molecule has 1 amide bonds. The van der Waals surface area contributed by atoms with Gasteiger partial charge in [0.05, 0.1) is 5.69 Å². The molecular weight excluding hydrogens is 320 g/mol. The smallest absolute Gasteiger partial charge is 0.257 e. The van der Waals surface area contributed by atoms with Crippen LogP contribution in [0.15, 0.2) is 16.9 Å². The second kappa shape index (κ2) is 7.31. The SMILES string of the molecule is CCc1noc(C)c1C(=O)NCc1cnc([C@]2(C)CCCCO2)nc1. The zero-order chi connectivity index (χ0) is 17.9. The van der Waals surface area contributed by atoms with Crippen LogP contribution in [0.2, 0.25) is 0 Å². The Morgan fingerprint density at radius 1 is 1.32 bits per heavy atom. The Balaban J connectivity index is 1.64. The molecule has 1 fully saturated rings. The third-order valence-corrected chi connectivity index (χ3v) is 4.60. The van der Waals surface area contributed by atoms with Gasteiger partial charge in [-0.2, -0.15) is 0 Å². The van der Waals surface area contributed by atoms with E-state index in [4.69, 9.17) is 9.26 Å². The lowest BCUT2D eigenvalue weighted by atomic mass is 9.95. The van der Waals surface area contributed by atoms with Crippen molar-refractivity contribution in [3.63, 3.8) is 0 Å². The van der Waals surface area contributed by atoms with Crippen LogP contribution in [-0.2, 0) is 23.3 Å². The summed E-state index contributed by atoms with van der Waals surface area (Å²) < 4.78 is 11.0. The maximum absolute atomic E-state index is 12.4. The first-order valence-electron chi connectivity index (χ1n) is 8.72. The number of carbonyl (C=O) groups excluding carboxylic acids is 1. The number of amides is 1. The van der Waals surface area contributed by atoms with Gasteiger partial charge in [0.15, 0.2) is 5.82 Å². The molecule has 134 valence electrons. The highest BCUT2D eigenvalue weighted by molar-refractivity contribution is 5.96. The van der Waals surface area contributed by atoms with E-state index in [0.717, 1.165) is 31.4 Å². The molecule has 1 aliphatic heterocycles. The van der Waals surface area contributed by atoms with Gasteiger partial charge in [-0.1, -0.05) is 12.1 Å². The van der Waals surface area contributed by atoms with Crippen LogP contribution in [0.1, 0.15) is 66.3 Å². The van der Waals surface area contributed by atoms with Gasteiger partial charge >= 0.3 is 0 Å². The minimum Gasteiger partial charge on any atom is -0.367 e. The summed E-state index contributed by atoms with van der Waals surface area (Å²) in [5, 5.41) is 6.78. The van der Waals surface area contributed by atoms with Crippen LogP contribution in [0.4, 0.5) is 0 Å². The molecule has 1 N–H and O–H groups in total. The zero-order valence-corrected chi connectivity index (χ0v) is 15.0. The molecular formula is C18H24N4O3. The van der Waals surface area contributed by atoms with Gasteiger partial charge in [-0.15, -0.1) is 0 Å². The molecule has 1 atom stereocenters. The number of aryl methyl sites for hydroxylation is 2. The van der Waals surface area contributed by atoms with Gasteiger partial charge < -0.3 is 14.6 Å². The molecule has 0 bridgehead atoms. The first kappa shape index (κ1) is 17.5. The molecule has 1 saturated heterocycles.